The van der Waals surface area contributed by atoms with Crippen LogP contribution in [-0.4, -0.2) is 36.8 Å². The molecule has 0 aromatic rings. The van der Waals surface area contributed by atoms with Crippen molar-refractivity contribution in [2.24, 2.45) is 28.7 Å². The van der Waals surface area contributed by atoms with E-state index in [-0.39, 0.29) is 32.4 Å². The molecule has 0 spiro atoms. The van der Waals surface area contributed by atoms with E-state index in [1.807, 2.05) is 11.8 Å². The van der Waals surface area contributed by atoms with Crippen molar-refractivity contribution in [3.63, 3.8) is 0 Å². The van der Waals surface area contributed by atoms with Crippen LogP contribution in [0.5, 0.6) is 0 Å². The van der Waals surface area contributed by atoms with Crippen LogP contribution < -0.4 is 0 Å². The molecule has 0 saturated carbocycles. The zero-order chi connectivity index (χ0) is 27.0. The van der Waals surface area contributed by atoms with Crippen LogP contribution in [-0.2, 0) is 24.8 Å². The molecule has 7 rings (SSSR count). The molecular weight excluding hydrogens is 655 g/mol. The average molecular weight is 699 g/mol. The number of ether oxygens (including phenoxy) is 1. The predicted octanol–water partition coefficient (Wildman–Crippen LogP) is 8.06. The normalized spacial score (nSPS) is 37.8. The van der Waals surface area contributed by atoms with Gasteiger partial charge in [0.15, 0.2) is 6.23 Å². The summed E-state index contributed by atoms with van der Waals surface area (Å²) in [5.74, 6) is 4.06. The fourth-order valence-corrected chi connectivity index (χ4v) is 8.32. The number of allylic oxidation sites excluding steroid dienone is 4. The van der Waals surface area contributed by atoms with Crippen LogP contribution in [0.15, 0.2) is 44.7 Å². The van der Waals surface area contributed by atoms with Crippen LogP contribution in [0.3, 0.4) is 0 Å². The number of hydrogen-bond donors (Lipinski definition) is 0. The monoisotopic (exact) mass is 699 g/mol. The first kappa shape index (κ1) is 23.9. The quantitative estimate of drug-likeness (QED) is 0.274. The Bertz CT molecular complexity index is 1070. The summed E-state index contributed by atoms with van der Waals surface area (Å²) in [5, 5.41) is 9.51. The van der Waals surface area contributed by atoms with Crippen LogP contribution >= 0.6 is 11.8 Å². The minimum atomic E-state index is -2.10. The van der Waals surface area contributed by atoms with Crippen molar-refractivity contribution >= 4 is 17.5 Å². The predicted molar refractivity (Wildman–Crippen MR) is 151 cm³/mol. The molecule has 5 heterocycles. The summed E-state index contributed by atoms with van der Waals surface area (Å²) in [7, 11) is 0. The third-order valence-electron chi connectivity index (χ3n) is 8.78. The molecule has 37 heavy (non-hydrogen) atoms. The second kappa shape index (κ2) is 12.5. The Balaban J connectivity index is 0.000000209. The molecule has 0 bridgehead atoms. The molecule has 4 unspecified atom stereocenters. The number of hydrogen-bond acceptors (Lipinski definition) is 3. The first-order chi connectivity index (χ1) is 18.9. The van der Waals surface area contributed by atoms with Gasteiger partial charge in [-0.3, -0.25) is 11.1 Å². The molecule has 0 amide bonds. The van der Waals surface area contributed by atoms with E-state index in [9.17, 15) is 0 Å². The second-order valence-corrected chi connectivity index (χ2v) is 12.3. The van der Waals surface area contributed by atoms with Crippen molar-refractivity contribution in [2.45, 2.75) is 90.3 Å². The Morgan fingerprint density at radius 2 is 2.16 bits per heavy atom. The molecule has 0 aromatic carbocycles. The molecule has 2 saturated heterocycles. The van der Waals surface area contributed by atoms with E-state index in [0.29, 0.717) is 35.8 Å². The molecule has 6 heteroatoms. The van der Waals surface area contributed by atoms with Gasteiger partial charge in [-0.05, 0) is 48.1 Å². The smallest absolute Gasteiger partial charge is 0.171 e. The number of fused-ring (bicyclic) bond motifs is 4. The van der Waals surface area contributed by atoms with Crippen LogP contribution in [0.2, 0.25) is 0 Å². The molecule has 205 valence electrons. The maximum Gasteiger partial charge on any atom is 0.171 e. The largest absolute Gasteiger partial charge is 0.770 e. The van der Waals surface area contributed by atoms with Crippen molar-refractivity contribution in [1.82, 2.24) is 0 Å². The van der Waals surface area contributed by atoms with Crippen LogP contribution in [0.25, 0.3) is 10.6 Å². The number of aliphatic imine (C=N–C) groups is 1. The Kier molecular flexibility index (Phi) is 8.07. The van der Waals surface area contributed by atoms with Crippen LogP contribution in [0, 0.1) is 36.2 Å². The van der Waals surface area contributed by atoms with E-state index >= 15 is 0 Å². The third-order valence-corrected chi connectivity index (χ3v) is 10.2. The second-order valence-electron chi connectivity index (χ2n) is 11.2. The Hall–Kier alpha value is -0.941. The van der Waals surface area contributed by atoms with Gasteiger partial charge >= 0.3 is 0 Å². The summed E-state index contributed by atoms with van der Waals surface area (Å²) in [5.41, 5.74) is 4.25. The molecule has 1 radical (unpaired) electrons. The zero-order valence-corrected chi connectivity index (χ0v) is 25.1. The van der Waals surface area contributed by atoms with Crippen LogP contribution in [0.1, 0.15) is 82.1 Å². The minimum Gasteiger partial charge on any atom is -0.770 e. The first-order valence-electron chi connectivity index (χ1n) is 15.7. The number of nitrogens with zero attached hydrogens (tertiary/aromatic N) is 3. The topological polar surface area (TPSA) is 49.8 Å². The van der Waals surface area contributed by atoms with Gasteiger partial charge in [-0.15, -0.1) is 43.7 Å². The van der Waals surface area contributed by atoms with Gasteiger partial charge in [0.2, 0.25) is 0 Å². The summed E-state index contributed by atoms with van der Waals surface area (Å²) in [6.45, 7) is 2.05. The molecule has 0 N–H and O–H groups in total. The minimum absolute atomic E-state index is 0. The first-order valence-corrected chi connectivity index (χ1v) is 15.2. The van der Waals surface area contributed by atoms with Gasteiger partial charge in [0.25, 0.3) is 0 Å². The van der Waals surface area contributed by atoms with Gasteiger partial charge in [0.1, 0.15) is 0 Å². The molecular formula is C31H41IrN3OS-4. The Labute approximate surface area is 246 Å². The van der Waals surface area contributed by atoms with E-state index in [0.717, 1.165) is 44.5 Å². The average Bonchev–Trinajstić information content (AvgIpc) is 3.54. The van der Waals surface area contributed by atoms with Crippen molar-refractivity contribution in [3.8, 4) is 0 Å². The zero-order valence-electron chi connectivity index (χ0n) is 24.9. The van der Waals surface area contributed by atoms with Crippen molar-refractivity contribution in [1.29, 1.82) is 0 Å². The van der Waals surface area contributed by atoms with E-state index in [1.54, 1.807) is 0 Å². The molecule has 5 aliphatic heterocycles. The van der Waals surface area contributed by atoms with Crippen molar-refractivity contribution < 1.29 is 29.0 Å². The van der Waals surface area contributed by atoms with E-state index in [2.05, 4.69) is 41.9 Å². The van der Waals surface area contributed by atoms with Gasteiger partial charge in [-0.2, -0.15) is 11.6 Å². The van der Waals surface area contributed by atoms with Crippen molar-refractivity contribution in [2.75, 3.05) is 18.8 Å². The molecule has 2 fully saturated rings. The summed E-state index contributed by atoms with van der Waals surface area (Å²) in [4.78, 5) is 6.04. The fraction of sp³-hybridized carbons (Fsp3) is 0.677. The van der Waals surface area contributed by atoms with Crippen molar-refractivity contribution in [3.05, 3.63) is 62.8 Å². The molecule has 6 atom stereocenters. The maximum absolute atomic E-state index is 7.69. The SMILES string of the molecule is [2H]C([2H])([2H])C1=NC2OC3=C([C@@H]4[N-]CC=C5SCC(C)C54)[CH-]CC[C@H]3C2CC1.[C-]1=C(C2=CCCC[N-]2)CCCC1.[Ir]. The van der Waals surface area contributed by atoms with Gasteiger partial charge in [-0.25, -0.2) is 12.0 Å². The molecule has 4 nitrogen and oxygen atoms in total. The fourth-order valence-electron chi connectivity index (χ4n) is 6.92. The molecule has 7 aliphatic rings. The van der Waals surface area contributed by atoms with Gasteiger partial charge in [-0.1, -0.05) is 51.5 Å². The third kappa shape index (κ3) is 5.83. The van der Waals surface area contributed by atoms with Crippen LogP contribution in [0.4, 0.5) is 0 Å². The Morgan fingerprint density at radius 3 is 2.97 bits per heavy atom. The van der Waals surface area contributed by atoms with E-state index in [1.165, 1.54) is 59.6 Å². The summed E-state index contributed by atoms with van der Waals surface area (Å²) in [6, 6.07) is 0.194. The van der Waals surface area contributed by atoms with E-state index < -0.39 is 6.85 Å². The van der Waals surface area contributed by atoms with Gasteiger partial charge in [0, 0.05) is 41.6 Å². The number of rotatable bonds is 2. The number of thioether (sulfide) groups is 1. The van der Waals surface area contributed by atoms with Gasteiger partial charge < -0.3 is 21.1 Å². The maximum atomic E-state index is 7.69. The standard InChI is InChI=1S/C20H26N2OS.C11H15N.Ir/c1-11-10-24-16-8-9-21-18(17(11)16)15-5-3-4-13-14-7-6-12(2)22-20(14)23-19(13)15;1-2-6-10(7-3-1)11-8-4-5-9-12-11;/h5,8,11,13-14,17-18,20H,3-4,6-7,9-10H2,1-2H3;8H,1-6,9H2;/q2*-2;/t11?,13-,14?,17?,18-,20?;;/m0../s1/i2D3;;. The van der Waals surface area contributed by atoms with E-state index in [4.69, 9.17) is 14.2 Å². The van der Waals surface area contributed by atoms with Gasteiger partial charge in [0.05, 0.1) is 0 Å². The summed E-state index contributed by atoms with van der Waals surface area (Å²) >= 11 is 1.99. The summed E-state index contributed by atoms with van der Waals surface area (Å²) < 4.78 is 29.4. The summed E-state index contributed by atoms with van der Waals surface area (Å²) in [6.07, 6.45) is 21.1. The molecule has 2 aliphatic carbocycles. The molecule has 0 aromatic heterocycles. The Morgan fingerprint density at radius 1 is 1.22 bits per heavy atom.